The smallest absolute Gasteiger partial charge is 0.358 e. The van der Waals surface area contributed by atoms with E-state index in [0.29, 0.717) is 11.4 Å². The zero-order valence-electron chi connectivity index (χ0n) is 16.3. The number of fused-ring (bicyclic) bond motifs is 1. The number of hydrogen-bond acceptors (Lipinski definition) is 7. The van der Waals surface area contributed by atoms with Crippen LogP contribution in [0.5, 0.6) is 0 Å². The molecule has 3 aromatic rings. The number of hydrogen-bond donors (Lipinski definition) is 2. The molecule has 1 atom stereocenters. The van der Waals surface area contributed by atoms with Crippen molar-refractivity contribution >= 4 is 35.2 Å². The number of rotatable bonds is 6. The summed E-state index contributed by atoms with van der Waals surface area (Å²) in [5, 5.41) is 5.08. The van der Waals surface area contributed by atoms with E-state index in [4.69, 9.17) is 25.5 Å². The molecule has 0 saturated carbocycles. The molecule has 0 radical (unpaired) electrons. The number of aromatic nitrogens is 2. The summed E-state index contributed by atoms with van der Waals surface area (Å²) in [6, 6.07) is 6.89. The Bertz CT molecular complexity index is 1180. The maximum atomic E-state index is 12.7. The van der Waals surface area contributed by atoms with Crippen LogP contribution < -0.4 is 10.6 Å². The molecule has 0 aromatic carbocycles. The molecule has 0 bridgehead atoms. The first kappa shape index (κ1) is 20.5. The number of nitrogens with zero attached hydrogens (tertiary/aromatic N) is 2. The van der Waals surface area contributed by atoms with Crippen LogP contribution in [0.2, 0.25) is 5.15 Å². The second-order valence-electron chi connectivity index (χ2n) is 6.42. The summed E-state index contributed by atoms with van der Waals surface area (Å²) in [7, 11) is 0. The van der Waals surface area contributed by atoms with Crippen molar-refractivity contribution in [2.75, 3.05) is 13.2 Å². The largest absolute Gasteiger partial charge is 0.467 e. The third-order valence-corrected chi connectivity index (χ3v) is 4.77. The molecule has 0 saturated heterocycles. The van der Waals surface area contributed by atoms with Gasteiger partial charge in [-0.2, -0.15) is 0 Å². The van der Waals surface area contributed by atoms with Gasteiger partial charge in [-0.25, -0.2) is 19.4 Å². The number of nitrogens with one attached hydrogen (secondary N) is 2. The van der Waals surface area contributed by atoms with Crippen LogP contribution in [0.25, 0.3) is 5.65 Å². The Morgan fingerprint density at radius 1 is 1.23 bits per heavy atom. The second-order valence-corrected chi connectivity index (χ2v) is 6.77. The van der Waals surface area contributed by atoms with Crippen molar-refractivity contribution in [1.82, 2.24) is 20.0 Å². The highest BCUT2D eigenvalue weighted by Gasteiger charge is 2.36. The lowest BCUT2D eigenvalue weighted by Crippen LogP contribution is -2.47. The van der Waals surface area contributed by atoms with Gasteiger partial charge in [-0.1, -0.05) is 17.7 Å². The maximum absolute atomic E-state index is 12.7. The summed E-state index contributed by atoms with van der Waals surface area (Å²) < 4.78 is 17.3. The SMILES string of the molecule is CCOC(=O)C1=C(COC(=O)c2c(Cl)nc3ccccn23)NC(=O)N[C@@H]1c1ccco1. The van der Waals surface area contributed by atoms with Crippen molar-refractivity contribution in [3.63, 3.8) is 0 Å². The number of ether oxygens (including phenoxy) is 2. The van der Waals surface area contributed by atoms with Gasteiger partial charge >= 0.3 is 18.0 Å². The first-order valence-electron chi connectivity index (χ1n) is 9.30. The van der Waals surface area contributed by atoms with Crippen molar-refractivity contribution in [1.29, 1.82) is 0 Å². The van der Waals surface area contributed by atoms with Crippen LogP contribution >= 0.6 is 11.6 Å². The lowest BCUT2D eigenvalue weighted by atomic mass is 10.0. The van der Waals surface area contributed by atoms with Gasteiger partial charge < -0.3 is 24.5 Å². The van der Waals surface area contributed by atoms with E-state index < -0.39 is 30.6 Å². The molecule has 0 unspecified atom stereocenters. The zero-order valence-corrected chi connectivity index (χ0v) is 17.0. The maximum Gasteiger partial charge on any atom is 0.358 e. The summed E-state index contributed by atoms with van der Waals surface area (Å²) >= 11 is 6.11. The van der Waals surface area contributed by atoms with Crippen LogP contribution in [0.4, 0.5) is 4.79 Å². The molecular weight excluding hydrogens is 428 g/mol. The molecule has 2 N–H and O–H groups in total. The minimum absolute atomic E-state index is 0.0263. The van der Waals surface area contributed by atoms with Crippen molar-refractivity contribution in [3.8, 4) is 0 Å². The monoisotopic (exact) mass is 444 g/mol. The highest BCUT2D eigenvalue weighted by molar-refractivity contribution is 6.32. The van der Waals surface area contributed by atoms with E-state index in [9.17, 15) is 14.4 Å². The Morgan fingerprint density at radius 3 is 2.81 bits per heavy atom. The van der Waals surface area contributed by atoms with E-state index in [2.05, 4.69) is 15.6 Å². The summed E-state index contributed by atoms with van der Waals surface area (Å²) in [6.45, 7) is 1.36. The number of furan rings is 1. The van der Waals surface area contributed by atoms with E-state index in [-0.39, 0.29) is 28.7 Å². The minimum Gasteiger partial charge on any atom is -0.467 e. The zero-order chi connectivity index (χ0) is 22.0. The number of carbonyl (C=O) groups excluding carboxylic acids is 3. The quantitative estimate of drug-likeness (QED) is 0.560. The fraction of sp³-hybridized carbons (Fsp3) is 0.200. The van der Waals surface area contributed by atoms with Gasteiger partial charge in [0.25, 0.3) is 0 Å². The molecular formula is C20H17ClN4O6. The molecule has 31 heavy (non-hydrogen) atoms. The van der Waals surface area contributed by atoms with Gasteiger partial charge in [-0.3, -0.25) is 4.40 Å². The number of urea groups is 1. The molecule has 1 aliphatic rings. The summed E-state index contributed by atoms with van der Waals surface area (Å²) in [5.41, 5.74) is 0.632. The predicted octanol–water partition coefficient (Wildman–Crippen LogP) is 2.61. The van der Waals surface area contributed by atoms with Crippen LogP contribution in [-0.2, 0) is 14.3 Å². The molecule has 2 amide bonds. The Kier molecular flexibility index (Phi) is 5.63. The highest BCUT2D eigenvalue weighted by atomic mass is 35.5. The fourth-order valence-corrected chi connectivity index (χ4v) is 3.46. The Hall–Kier alpha value is -3.79. The molecule has 3 aromatic heterocycles. The van der Waals surface area contributed by atoms with Gasteiger partial charge in [0.05, 0.1) is 24.1 Å². The number of esters is 2. The van der Waals surface area contributed by atoms with Gasteiger partial charge in [-0.15, -0.1) is 0 Å². The van der Waals surface area contributed by atoms with Crippen molar-refractivity contribution in [2.45, 2.75) is 13.0 Å². The molecule has 11 heteroatoms. The first-order valence-corrected chi connectivity index (χ1v) is 9.68. The van der Waals surface area contributed by atoms with Crippen LogP contribution in [0.3, 0.4) is 0 Å². The van der Waals surface area contributed by atoms with Crippen LogP contribution in [0.1, 0.15) is 29.2 Å². The fourth-order valence-electron chi connectivity index (χ4n) is 3.21. The third-order valence-electron chi connectivity index (χ3n) is 4.51. The molecule has 10 nitrogen and oxygen atoms in total. The Morgan fingerprint density at radius 2 is 2.06 bits per heavy atom. The summed E-state index contributed by atoms with van der Waals surface area (Å²) in [6.07, 6.45) is 3.03. The second kappa shape index (κ2) is 8.52. The van der Waals surface area contributed by atoms with Gasteiger partial charge in [0.1, 0.15) is 24.1 Å². The van der Waals surface area contributed by atoms with Gasteiger partial charge in [0, 0.05) is 6.20 Å². The number of pyridine rings is 1. The molecule has 4 rings (SSSR count). The average Bonchev–Trinajstić information content (AvgIpc) is 3.39. The van der Waals surface area contributed by atoms with E-state index in [0.717, 1.165) is 0 Å². The number of imidazole rings is 1. The number of amides is 2. The summed E-state index contributed by atoms with van der Waals surface area (Å²) in [4.78, 5) is 41.6. The van der Waals surface area contributed by atoms with Crippen LogP contribution in [-0.4, -0.2) is 40.6 Å². The standard InChI is InChI=1S/C20H17ClN4O6/c1-2-29-18(26)14-11(22-20(28)24-15(14)12-6-5-9-30-12)10-31-19(27)16-17(21)23-13-7-3-4-8-25(13)16/h3-9,15H,2,10H2,1H3,(H2,22,24,28)/t15-/m1/s1. The van der Waals surface area contributed by atoms with Crippen molar-refractivity contribution in [2.24, 2.45) is 0 Å². The van der Waals surface area contributed by atoms with Crippen molar-refractivity contribution < 1.29 is 28.3 Å². The minimum atomic E-state index is -0.907. The number of carbonyl (C=O) groups is 3. The molecule has 1 aliphatic heterocycles. The van der Waals surface area contributed by atoms with Crippen molar-refractivity contribution in [3.05, 3.63) is 70.7 Å². The predicted molar refractivity (Wildman–Crippen MR) is 107 cm³/mol. The molecule has 4 heterocycles. The first-order chi connectivity index (χ1) is 15.0. The number of halogens is 1. The lowest BCUT2D eigenvalue weighted by Gasteiger charge is -2.27. The van der Waals surface area contributed by atoms with Crippen LogP contribution in [0.15, 0.2) is 58.5 Å². The van der Waals surface area contributed by atoms with Crippen LogP contribution in [0, 0.1) is 0 Å². The van der Waals surface area contributed by atoms with E-state index >= 15 is 0 Å². The average molecular weight is 445 g/mol. The molecule has 160 valence electrons. The molecule has 0 fully saturated rings. The Labute approximate surface area is 180 Å². The highest BCUT2D eigenvalue weighted by Crippen LogP contribution is 2.28. The van der Waals surface area contributed by atoms with Gasteiger partial charge in [0.2, 0.25) is 0 Å². The van der Waals surface area contributed by atoms with E-state index in [1.807, 2.05) is 0 Å². The normalized spacial score (nSPS) is 16.1. The van der Waals surface area contributed by atoms with E-state index in [1.54, 1.807) is 43.5 Å². The van der Waals surface area contributed by atoms with Gasteiger partial charge in [-0.05, 0) is 31.2 Å². The molecule has 0 spiro atoms. The lowest BCUT2D eigenvalue weighted by molar-refractivity contribution is -0.139. The summed E-state index contributed by atoms with van der Waals surface area (Å²) in [5.74, 6) is -1.14. The van der Waals surface area contributed by atoms with Gasteiger partial charge in [0.15, 0.2) is 10.8 Å². The van der Waals surface area contributed by atoms with E-state index in [1.165, 1.54) is 10.7 Å². The topological polar surface area (TPSA) is 124 Å². The third kappa shape index (κ3) is 3.97. The Balaban J connectivity index is 1.65. The molecule has 0 aliphatic carbocycles.